The van der Waals surface area contributed by atoms with Crippen molar-refractivity contribution in [2.75, 3.05) is 12.1 Å². The fourth-order valence-electron chi connectivity index (χ4n) is 4.08. The highest BCUT2D eigenvalue weighted by molar-refractivity contribution is 5.94. The van der Waals surface area contributed by atoms with Gasteiger partial charge in [0.2, 0.25) is 6.79 Å². The maximum absolute atomic E-state index is 13.6. The number of rotatable bonds is 8. The van der Waals surface area contributed by atoms with Crippen LogP contribution in [0, 0.1) is 0 Å². The van der Waals surface area contributed by atoms with Crippen LogP contribution < -0.4 is 30.4 Å². The third-order valence-corrected chi connectivity index (χ3v) is 6.09. The standard InChI is InChI=1S/C30H23N5O5/c36-29(32-17-22-6-4-5-15-31-22)20-9-11-21(12-10-20)34-28-27(40-24-13-14-25-26(16-24)39-19-38-25)18-33-35(30(28)37)23-7-2-1-3-8-23/h1-16,18,34H,17,19H2,(H,32,36). The zero-order valence-corrected chi connectivity index (χ0v) is 21.1. The zero-order chi connectivity index (χ0) is 27.3. The average molecular weight is 534 g/mol. The van der Waals surface area contributed by atoms with Crippen LogP contribution in [-0.2, 0) is 6.54 Å². The number of carbonyl (C=O) groups is 1. The highest BCUT2D eigenvalue weighted by Crippen LogP contribution is 2.37. The van der Waals surface area contributed by atoms with Gasteiger partial charge in [-0.05, 0) is 60.7 Å². The molecule has 0 bridgehead atoms. The maximum Gasteiger partial charge on any atom is 0.299 e. The number of amides is 1. The number of nitrogens with one attached hydrogen (secondary N) is 2. The number of benzene rings is 3. The molecule has 0 unspecified atom stereocenters. The van der Waals surface area contributed by atoms with Gasteiger partial charge in [0, 0.05) is 23.5 Å². The molecule has 1 aliphatic rings. The number of anilines is 2. The number of ether oxygens (including phenoxy) is 3. The first-order valence-corrected chi connectivity index (χ1v) is 12.4. The molecule has 10 nitrogen and oxygen atoms in total. The molecule has 6 rings (SSSR count). The Kier molecular flexibility index (Phi) is 6.79. The van der Waals surface area contributed by atoms with E-state index in [1.165, 1.54) is 10.9 Å². The van der Waals surface area contributed by atoms with Crippen LogP contribution in [-0.4, -0.2) is 27.5 Å². The molecule has 198 valence electrons. The molecule has 0 fully saturated rings. The molecule has 0 spiro atoms. The minimum atomic E-state index is -0.415. The van der Waals surface area contributed by atoms with Crippen molar-refractivity contribution >= 4 is 17.3 Å². The fourth-order valence-corrected chi connectivity index (χ4v) is 4.08. The van der Waals surface area contributed by atoms with E-state index in [1.54, 1.807) is 60.8 Å². The Balaban J connectivity index is 1.27. The summed E-state index contributed by atoms with van der Waals surface area (Å²) >= 11 is 0. The van der Waals surface area contributed by atoms with Crippen molar-refractivity contribution in [3.63, 3.8) is 0 Å². The van der Waals surface area contributed by atoms with Crippen molar-refractivity contribution in [1.82, 2.24) is 20.1 Å². The third kappa shape index (κ3) is 5.32. The molecule has 0 radical (unpaired) electrons. The number of nitrogens with zero attached hydrogens (tertiary/aromatic N) is 3. The van der Waals surface area contributed by atoms with Gasteiger partial charge in [-0.15, -0.1) is 0 Å². The molecule has 2 aromatic heterocycles. The first-order chi connectivity index (χ1) is 19.6. The van der Waals surface area contributed by atoms with Crippen LogP contribution in [0.25, 0.3) is 5.69 Å². The number of para-hydroxylation sites is 1. The van der Waals surface area contributed by atoms with Crippen molar-refractivity contribution < 1.29 is 19.0 Å². The molecule has 0 saturated heterocycles. The summed E-state index contributed by atoms with van der Waals surface area (Å²) in [6.07, 6.45) is 3.15. The van der Waals surface area contributed by atoms with E-state index in [1.807, 2.05) is 36.4 Å². The van der Waals surface area contributed by atoms with Crippen LogP contribution in [0.5, 0.6) is 23.0 Å². The molecular formula is C30H23N5O5. The van der Waals surface area contributed by atoms with E-state index in [0.29, 0.717) is 40.7 Å². The average Bonchev–Trinajstić information content (AvgIpc) is 3.47. The fraction of sp³-hybridized carbons (Fsp3) is 0.0667. The lowest BCUT2D eigenvalue weighted by Gasteiger charge is -2.15. The van der Waals surface area contributed by atoms with E-state index in [0.717, 1.165) is 5.69 Å². The van der Waals surface area contributed by atoms with E-state index < -0.39 is 5.56 Å². The highest BCUT2D eigenvalue weighted by atomic mass is 16.7. The molecule has 10 heteroatoms. The second-order valence-electron chi connectivity index (χ2n) is 8.76. The molecule has 2 N–H and O–H groups in total. The van der Waals surface area contributed by atoms with E-state index in [9.17, 15) is 9.59 Å². The topological polar surface area (TPSA) is 117 Å². The summed E-state index contributed by atoms with van der Waals surface area (Å²) in [6.45, 7) is 0.452. The number of aromatic nitrogens is 3. The summed E-state index contributed by atoms with van der Waals surface area (Å²) in [6, 6.07) is 26.5. The van der Waals surface area contributed by atoms with Gasteiger partial charge in [-0.3, -0.25) is 14.6 Å². The largest absolute Gasteiger partial charge is 0.454 e. The predicted molar refractivity (Wildman–Crippen MR) is 148 cm³/mol. The van der Waals surface area contributed by atoms with Crippen LogP contribution in [0.1, 0.15) is 16.1 Å². The molecule has 5 aromatic rings. The van der Waals surface area contributed by atoms with Gasteiger partial charge < -0.3 is 24.8 Å². The summed E-state index contributed by atoms with van der Waals surface area (Å²) in [5.41, 5.74) is 2.17. The maximum atomic E-state index is 13.6. The summed E-state index contributed by atoms with van der Waals surface area (Å²) in [4.78, 5) is 30.4. The van der Waals surface area contributed by atoms with E-state index in [2.05, 4.69) is 20.7 Å². The van der Waals surface area contributed by atoms with E-state index >= 15 is 0 Å². The van der Waals surface area contributed by atoms with Gasteiger partial charge in [0.25, 0.3) is 11.5 Å². The molecule has 1 amide bonds. The van der Waals surface area contributed by atoms with Gasteiger partial charge in [0.05, 0.1) is 24.1 Å². The molecule has 0 aliphatic carbocycles. The lowest BCUT2D eigenvalue weighted by molar-refractivity contribution is 0.0950. The van der Waals surface area contributed by atoms with Gasteiger partial charge >= 0.3 is 0 Å². The molecular weight excluding hydrogens is 510 g/mol. The van der Waals surface area contributed by atoms with Crippen molar-refractivity contribution in [1.29, 1.82) is 0 Å². The van der Waals surface area contributed by atoms with Crippen LogP contribution in [0.3, 0.4) is 0 Å². The number of pyridine rings is 1. The van der Waals surface area contributed by atoms with Crippen molar-refractivity contribution in [3.8, 4) is 28.7 Å². The van der Waals surface area contributed by atoms with E-state index in [4.69, 9.17) is 14.2 Å². The third-order valence-electron chi connectivity index (χ3n) is 6.09. The zero-order valence-electron chi connectivity index (χ0n) is 21.1. The predicted octanol–water partition coefficient (Wildman–Crippen LogP) is 4.82. The monoisotopic (exact) mass is 533 g/mol. The van der Waals surface area contributed by atoms with Gasteiger partial charge in [0.15, 0.2) is 22.9 Å². The molecule has 3 heterocycles. The summed E-state index contributed by atoms with van der Waals surface area (Å²) in [5, 5.41) is 10.3. The van der Waals surface area contributed by atoms with Crippen molar-refractivity contribution in [2.24, 2.45) is 0 Å². The lowest BCUT2D eigenvalue weighted by atomic mass is 10.2. The van der Waals surface area contributed by atoms with Crippen LogP contribution in [0.4, 0.5) is 11.4 Å². The first kappa shape index (κ1) is 24.7. The molecule has 40 heavy (non-hydrogen) atoms. The number of carbonyl (C=O) groups excluding carboxylic acids is 1. The quantitative estimate of drug-likeness (QED) is 0.292. The van der Waals surface area contributed by atoms with Crippen molar-refractivity contribution in [2.45, 2.75) is 6.54 Å². The Hall–Kier alpha value is -5.64. The normalized spacial score (nSPS) is 11.6. The number of hydrogen-bond donors (Lipinski definition) is 2. The Bertz CT molecular complexity index is 1710. The number of fused-ring (bicyclic) bond motifs is 1. The SMILES string of the molecule is O=C(NCc1ccccn1)c1ccc(Nc2c(Oc3ccc4c(c3)OCO4)cnn(-c3ccccc3)c2=O)cc1. The molecule has 1 aliphatic heterocycles. The van der Waals surface area contributed by atoms with Crippen molar-refractivity contribution in [3.05, 3.63) is 125 Å². The molecule has 3 aromatic carbocycles. The van der Waals surface area contributed by atoms with Crippen LogP contribution in [0.15, 0.2) is 108 Å². The second-order valence-corrected chi connectivity index (χ2v) is 8.76. The Morgan fingerprint density at radius 3 is 2.52 bits per heavy atom. The summed E-state index contributed by atoms with van der Waals surface area (Å²) < 4.78 is 18.2. The smallest absolute Gasteiger partial charge is 0.299 e. The van der Waals surface area contributed by atoms with Crippen LogP contribution >= 0.6 is 0 Å². The highest BCUT2D eigenvalue weighted by Gasteiger charge is 2.18. The van der Waals surface area contributed by atoms with Crippen LogP contribution in [0.2, 0.25) is 0 Å². The molecule has 0 saturated carbocycles. The number of hydrogen-bond acceptors (Lipinski definition) is 8. The Morgan fingerprint density at radius 2 is 1.73 bits per heavy atom. The lowest BCUT2D eigenvalue weighted by Crippen LogP contribution is -2.24. The Morgan fingerprint density at radius 1 is 0.925 bits per heavy atom. The van der Waals surface area contributed by atoms with Gasteiger partial charge in [0.1, 0.15) is 5.75 Å². The molecule has 0 atom stereocenters. The van der Waals surface area contributed by atoms with Gasteiger partial charge in [-0.2, -0.15) is 9.78 Å². The minimum Gasteiger partial charge on any atom is -0.454 e. The Labute approximate surface area is 228 Å². The van der Waals surface area contributed by atoms with E-state index in [-0.39, 0.29) is 24.1 Å². The minimum absolute atomic E-state index is 0.136. The van der Waals surface area contributed by atoms with Gasteiger partial charge in [-0.25, -0.2) is 0 Å². The summed E-state index contributed by atoms with van der Waals surface area (Å²) in [5.74, 6) is 1.60. The van der Waals surface area contributed by atoms with Gasteiger partial charge in [-0.1, -0.05) is 24.3 Å². The second kappa shape index (κ2) is 11.0. The first-order valence-electron chi connectivity index (χ1n) is 12.4. The summed E-state index contributed by atoms with van der Waals surface area (Å²) in [7, 11) is 0.